The molecule has 1 fully saturated rings. The molecule has 0 bridgehead atoms. The van der Waals surface area contributed by atoms with Gasteiger partial charge in [0.15, 0.2) is 0 Å². The Balaban J connectivity index is 1.79. The van der Waals surface area contributed by atoms with Crippen molar-refractivity contribution in [2.45, 2.75) is 38.1 Å². The lowest BCUT2D eigenvalue weighted by molar-refractivity contribution is -0.120. The Labute approximate surface area is 114 Å². The lowest BCUT2D eigenvalue weighted by atomic mass is 9.95. The second kappa shape index (κ2) is 7.02. The van der Waals surface area contributed by atoms with Crippen molar-refractivity contribution in [3.63, 3.8) is 0 Å². The molecule has 0 saturated heterocycles. The van der Waals surface area contributed by atoms with Crippen LogP contribution in [0, 0.1) is 0 Å². The van der Waals surface area contributed by atoms with Gasteiger partial charge in [0.2, 0.25) is 5.91 Å². The normalized spacial score (nSPS) is 15.8. The molecule has 1 aromatic carbocycles. The van der Waals surface area contributed by atoms with Gasteiger partial charge in [-0.2, -0.15) is 0 Å². The van der Waals surface area contributed by atoms with Gasteiger partial charge in [0, 0.05) is 6.04 Å². The number of benzene rings is 1. The fourth-order valence-electron chi connectivity index (χ4n) is 2.49. The second-order valence-corrected chi connectivity index (χ2v) is 4.96. The number of ether oxygens (including phenoxy) is 1. The predicted molar refractivity (Wildman–Crippen MR) is 76.5 cm³/mol. The van der Waals surface area contributed by atoms with Gasteiger partial charge < -0.3 is 15.4 Å². The molecular formula is C15H22N2O2. The van der Waals surface area contributed by atoms with Crippen molar-refractivity contribution >= 4 is 11.6 Å². The van der Waals surface area contributed by atoms with E-state index in [1.807, 2.05) is 24.3 Å². The van der Waals surface area contributed by atoms with Gasteiger partial charge >= 0.3 is 0 Å². The van der Waals surface area contributed by atoms with Crippen molar-refractivity contribution in [2.75, 3.05) is 19.0 Å². The summed E-state index contributed by atoms with van der Waals surface area (Å²) in [4.78, 5) is 11.9. The molecule has 1 aromatic rings. The Kier molecular flexibility index (Phi) is 5.07. The molecule has 2 rings (SSSR count). The van der Waals surface area contributed by atoms with Crippen LogP contribution < -0.4 is 15.4 Å². The molecule has 1 aliphatic rings. The molecule has 0 unspecified atom stereocenters. The summed E-state index contributed by atoms with van der Waals surface area (Å²) >= 11 is 0. The number of hydrogen-bond acceptors (Lipinski definition) is 3. The first kappa shape index (κ1) is 13.7. The van der Waals surface area contributed by atoms with E-state index in [-0.39, 0.29) is 12.5 Å². The average molecular weight is 262 g/mol. The van der Waals surface area contributed by atoms with E-state index < -0.39 is 0 Å². The maximum atomic E-state index is 11.9. The van der Waals surface area contributed by atoms with Gasteiger partial charge in [-0.15, -0.1) is 0 Å². The van der Waals surface area contributed by atoms with Crippen LogP contribution in [0.3, 0.4) is 0 Å². The number of nitrogens with one attached hydrogen (secondary N) is 2. The first-order valence-corrected chi connectivity index (χ1v) is 6.96. The molecule has 0 aliphatic heterocycles. The Bertz CT molecular complexity index is 414. The molecule has 0 atom stereocenters. The maximum Gasteiger partial charge on any atom is 0.239 e. The van der Waals surface area contributed by atoms with E-state index in [2.05, 4.69) is 10.6 Å². The summed E-state index contributed by atoms with van der Waals surface area (Å²) in [7, 11) is 1.63. The largest absolute Gasteiger partial charge is 0.495 e. The molecule has 0 spiro atoms. The van der Waals surface area contributed by atoms with E-state index in [0.29, 0.717) is 6.04 Å². The molecule has 1 saturated carbocycles. The minimum atomic E-state index is 0.0535. The number of anilines is 1. The molecule has 0 radical (unpaired) electrons. The highest BCUT2D eigenvalue weighted by Crippen LogP contribution is 2.22. The topological polar surface area (TPSA) is 50.4 Å². The molecule has 4 heteroatoms. The first-order chi connectivity index (χ1) is 9.29. The van der Waals surface area contributed by atoms with Crippen LogP contribution in [0.1, 0.15) is 32.1 Å². The first-order valence-electron chi connectivity index (χ1n) is 6.96. The van der Waals surface area contributed by atoms with Crippen LogP contribution in [0.15, 0.2) is 24.3 Å². The van der Waals surface area contributed by atoms with Crippen molar-refractivity contribution < 1.29 is 9.53 Å². The quantitative estimate of drug-likeness (QED) is 0.857. The summed E-state index contributed by atoms with van der Waals surface area (Å²) in [6.45, 7) is 0.289. The predicted octanol–water partition coefficient (Wildman–Crippen LogP) is 2.56. The lowest BCUT2D eigenvalue weighted by Gasteiger charge is -2.23. The molecule has 4 nitrogen and oxygen atoms in total. The number of methoxy groups -OCH3 is 1. The number of carbonyl (C=O) groups is 1. The highest BCUT2D eigenvalue weighted by Gasteiger charge is 2.15. The number of para-hydroxylation sites is 2. The van der Waals surface area contributed by atoms with E-state index >= 15 is 0 Å². The van der Waals surface area contributed by atoms with E-state index in [4.69, 9.17) is 4.74 Å². The maximum absolute atomic E-state index is 11.9. The van der Waals surface area contributed by atoms with Crippen LogP contribution in [0.4, 0.5) is 5.69 Å². The Morgan fingerprint density at radius 3 is 2.74 bits per heavy atom. The van der Waals surface area contributed by atoms with Crippen molar-refractivity contribution in [3.05, 3.63) is 24.3 Å². The van der Waals surface area contributed by atoms with E-state index in [0.717, 1.165) is 24.3 Å². The SMILES string of the molecule is COc1ccccc1NCC(=O)NC1CCCCC1. The molecule has 2 N–H and O–H groups in total. The van der Waals surface area contributed by atoms with Crippen molar-refractivity contribution in [3.8, 4) is 5.75 Å². The molecule has 0 heterocycles. The fourth-order valence-corrected chi connectivity index (χ4v) is 2.49. The molecule has 104 valence electrons. The summed E-state index contributed by atoms with van der Waals surface area (Å²) in [5.74, 6) is 0.811. The Morgan fingerprint density at radius 2 is 2.00 bits per heavy atom. The van der Waals surface area contributed by atoms with Crippen LogP contribution >= 0.6 is 0 Å². The molecule has 0 aromatic heterocycles. The highest BCUT2D eigenvalue weighted by atomic mass is 16.5. The Morgan fingerprint density at radius 1 is 1.26 bits per heavy atom. The third kappa shape index (κ3) is 4.16. The second-order valence-electron chi connectivity index (χ2n) is 4.96. The summed E-state index contributed by atoms with van der Waals surface area (Å²) in [6, 6.07) is 7.98. The zero-order chi connectivity index (χ0) is 13.5. The lowest BCUT2D eigenvalue weighted by Crippen LogP contribution is -2.39. The Hall–Kier alpha value is -1.71. The van der Waals surface area contributed by atoms with Crippen LogP contribution in [-0.4, -0.2) is 25.6 Å². The van der Waals surface area contributed by atoms with Gasteiger partial charge in [0.1, 0.15) is 5.75 Å². The van der Waals surface area contributed by atoms with E-state index in [1.165, 1.54) is 19.3 Å². The number of amides is 1. The molecular weight excluding hydrogens is 240 g/mol. The van der Waals surface area contributed by atoms with Crippen LogP contribution in [0.2, 0.25) is 0 Å². The summed E-state index contributed by atoms with van der Waals surface area (Å²) in [5, 5.41) is 6.20. The van der Waals surface area contributed by atoms with Gasteiger partial charge in [-0.3, -0.25) is 4.79 Å². The molecule has 1 amide bonds. The van der Waals surface area contributed by atoms with Gasteiger partial charge in [-0.05, 0) is 25.0 Å². The smallest absolute Gasteiger partial charge is 0.239 e. The van der Waals surface area contributed by atoms with Crippen molar-refractivity contribution in [1.82, 2.24) is 5.32 Å². The monoisotopic (exact) mass is 262 g/mol. The zero-order valence-electron chi connectivity index (χ0n) is 11.4. The van der Waals surface area contributed by atoms with Gasteiger partial charge in [-0.25, -0.2) is 0 Å². The third-order valence-electron chi connectivity index (χ3n) is 3.52. The molecule has 1 aliphatic carbocycles. The average Bonchev–Trinajstić information content (AvgIpc) is 2.46. The zero-order valence-corrected chi connectivity index (χ0v) is 11.4. The minimum absolute atomic E-state index is 0.0535. The summed E-state index contributed by atoms with van der Waals surface area (Å²) < 4.78 is 5.23. The fraction of sp³-hybridized carbons (Fsp3) is 0.533. The van der Waals surface area contributed by atoms with Crippen LogP contribution in [-0.2, 0) is 4.79 Å². The van der Waals surface area contributed by atoms with Crippen LogP contribution in [0.5, 0.6) is 5.75 Å². The summed E-state index contributed by atoms with van der Waals surface area (Å²) in [6.07, 6.45) is 5.97. The van der Waals surface area contributed by atoms with Gasteiger partial charge in [-0.1, -0.05) is 31.4 Å². The van der Waals surface area contributed by atoms with Gasteiger partial charge in [0.25, 0.3) is 0 Å². The standard InChI is InChI=1S/C15H22N2O2/c1-19-14-10-6-5-9-13(14)16-11-15(18)17-12-7-3-2-4-8-12/h5-6,9-10,12,16H,2-4,7-8,11H2,1H3,(H,17,18). The van der Waals surface area contributed by atoms with E-state index in [1.54, 1.807) is 7.11 Å². The minimum Gasteiger partial charge on any atom is -0.495 e. The summed E-state index contributed by atoms with van der Waals surface area (Å²) in [5.41, 5.74) is 0.851. The highest BCUT2D eigenvalue weighted by molar-refractivity contribution is 5.81. The number of rotatable bonds is 5. The van der Waals surface area contributed by atoms with Crippen molar-refractivity contribution in [2.24, 2.45) is 0 Å². The number of hydrogen-bond donors (Lipinski definition) is 2. The van der Waals surface area contributed by atoms with E-state index in [9.17, 15) is 4.79 Å². The third-order valence-corrected chi connectivity index (χ3v) is 3.52. The van der Waals surface area contributed by atoms with Crippen LogP contribution in [0.25, 0.3) is 0 Å². The van der Waals surface area contributed by atoms with Crippen molar-refractivity contribution in [1.29, 1.82) is 0 Å². The molecule has 19 heavy (non-hydrogen) atoms. The van der Waals surface area contributed by atoms with Gasteiger partial charge in [0.05, 0.1) is 19.3 Å². The number of carbonyl (C=O) groups excluding carboxylic acids is 1.